The van der Waals surface area contributed by atoms with Crippen molar-refractivity contribution in [2.45, 2.75) is 13.3 Å². The van der Waals surface area contributed by atoms with Crippen molar-refractivity contribution in [2.24, 2.45) is 0 Å². The molecule has 0 aromatic heterocycles. The molecule has 0 heterocycles. The van der Waals surface area contributed by atoms with Crippen molar-refractivity contribution < 1.29 is 9.18 Å². The number of rotatable bonds is 4. The molecule has 0 fully saturated rings. The van der Waals surface area contributed by atoms with Gasteiger partial charge >= 0.3 is 6.03 Å². The summed E-state index contributed by atoms with van der Waals surface area (Å²) in [6.45, 7) is 5.77. The normalized spacial score (nSPS) is 9.62. The van der Waals surface area contributed by atoms with Gasteiger partial charge in [-0.25, -0.2) is 9.18 Å². The zero-order valence-corrected chi connectivity index (χ0v) is 9.22. The third kappa shape index (κ3) is 4.59. The van der Waals surface area contributed by atoms with E-state index in [-0.39, 0.29) is 11.8 Å². The van der Waals surface area contributed by atoms with Gasteiger partial charge in [0.15, 0.2) is 0 Å². The molecule has 1 rings (SSSR count). The lowest BCUT2D eigenvalue weighted by Crippen LogP contribution is -2.35. The minimum Gasteiger partial charge on any atom is -0.338 e. The van der Waals surface area contributed by atoms with Crippen LogP contribution in [0.15, 0.2) is 36.5 Å². The van der Waals surface area contributed by atoms with Gasteiger partial charge in [0.25, 0.3) is 0 Å². The summed E-state index contributed by atoms with van der Waals surface area (Å²) in [7, 11) is 0. The number of urea groups is 1. The average molecular weight is 222 g/mol. The van der Waals surface area contributed by atoms with E-state index in [9.17, 15) is 9.18 Å². The molecule has 2 N–H and O–H groups in total. The summed E-state index contributed by atoms with van der Waals surface area (Å²) < 4.78 is 12.6. The van der Waals surface area contributed by atoms with Crippen LogP contribution < -0.4 is 10.6 Å². The molecule has 4 heteroatoms. The highest BCUT2D eigenvalue weighted by Crippen LogP contribution is 2.02. The molecule has 0 saturated heterocycles. The minimum atomic E-state index is -0.269. The lowest BCUT2D eigenvalue weighted by molar-refractivity contribution is 0.243. The molecule has 0 radical (unpaired) electrons. The Bertz CT molecular complexity index is 373. The van der Waals surface area contributed by atoms with E-state index in [4.69, 9.17) is 0 Å². The Labute approximate surface area is 94.4 Å². The standard InChI is InChI=1S/C12H15FN2O/c1-9(2)15-12(16)14-8-7-10-3-5-11(13)6-4-10/h3-6H,1,7-8H2,2H3,(H2,14,15,16). The van der Waals surface area contributed by atoms with Gasteiger partial charge in [-0.2, -0.15) is 0 Å². The quantitative estimate of drug-likeness (QED) is 0.805. The summed E-state index contributed by atoms with van der Waals surface area (Å²) in [5.41, 5.74) is 1.58. The molecular formula is C12H15FN2O. The van der Waals surface area contributed by atoms with Crippen LogP contribution in [0.5, 0.6) is 0 Å². The van der Waals surface area contributed by atoms with Gasteiger partial charge in [-0.1, -0.05) is 18.7 Å². The second-order valence-corrected chi connectivity index (χ2v) is 3.54. The number of hydrogen-bond acceptors (Lipinski definition) is 1. The summed E-state index contributed by atoms with van der Waals surface area (Å²) >= 11 is 0. The van der Waals surface area contributed by atoms with Crippen molar-refractivity contribution in [3.8, 4) is 0 Å². The molecule has 16 heavy (non-hydrogen) atoms. The van der Waals surface area contributed by atoms with E-state index in [2.05, 4.69) is 17.2 Å². The van der Waals surface area contributed by atoms with E-state index in [0.717, 1.165) is 5.56 Å². The number of halogens is 1. The number of allylic oxidation sites excluding steroid dienone is 1. The second-order valence-electron chi connectivity index (χ2n) is 3.54. The number of benzene rings is 1. The molecule has 0 bridgehead atoms. The molecule has 0 aliphatic carbocycles. The van der Waals surface area contributed by atoms with E-state index in [1.807, 2.05) is 0 Å². The van der Waals surface area contributed by atoms with Crippen molar-refractivity contribution >= 4 is 6.03 Å². The topological polar surface area (TPSA) is 41.1 Å². The largest absolute Gasteiger partial charge is 0.338 e. The summed E-state index contributed by atoms with van der Waals surface area (Å²) in [6.07, 6.45) is 0.671. The van der Waals surface area contributed by atoms with Crippen molar-refractivity contribution in [1.29, 1.82) is 0 Å². The van der Waals surface area contributed by atoms with Gasteiger partial charge < -0.3 is 10.6 Å². The first-order valence-corrected chi connectivity index (χ1v) is 5.03. The first-order chi connectivity index (χ1) is 7.58. The van der Waals surface area contributed by atoms with Crippen molar-refractivity contribution in [1.82, 2.24) is 10.6 Å². The Kier molecular flexibility index (Phi) is 4.51. The lowest BCUT2D eigenvalue weighted by atomic mass is 10.1. The summed E-state index contributed by atoms with van der Waals surface area (Å²) in [5.74, 6) is -0.253. The molecule has 3 nitrogen and oxygen atoms in total. The number of nitrogens with one attached hydrogen (secondary N) is 2. The molecule has 0 aliphatic heterocycles. The molecule has 0 aliphatic rings. The number of carbonyl (C=O) groups is 1. The molecule has 1 aromatic rings. The van der Waals surface area contributed by atoms with Gasteiger partial charge in [0.1, 0.15) is 5.82 Å². The number of hydrogen-bond donors (Lipinski definition) is 2. The first-order valence-electron chi connectivity index (χ1n) is 5.03. The van der Waals surface area contributed by atoms with Gasteiger partial charge in [0, 0.05) is 12.2 Å². The Hall–Kier alpha value is -1.84. The van der Waals surface area contributed by atoms with Crippen LogP contribution in [-0.4, -0.2) is 12.6 Å². The summed E-state index contributed by atoms with van der Waals surface area (Å²) in [5, 5.41) is 5.21. The van der Waals surface area contributed by atoms with Crippen LogP contribution in [-0.2, 0) is 6.42 Å². The minimum absolute atomic E-state index is 0.253. The Morgan fingerprint density at radius 3 is 2.56 bits per heavy atom. The van der Waals surface area contributed by atoms with Crippen LogP contribution in [0.4, 0.5) is 9.18 Å². The zero-order chi connectivity index (χ0) is 12.0. The van der Waals surface area contributed by atoms with Crippen molar-refractivity contribution in [2.75, 3.05) is 6.54 Å². The van der Waals surface area contributed by atoms with Crippen LogP contribution in [0.2, 0.25) is 0 Å². The highest BCUT2D eigenvalue weighted by atomic mass is 19.1. The molecule has 86 valence electrons. The highest BCUT2D eigenvalue weighted by Gasteiger charge is 1.99. The SMILES string of the molecule is C=C(C)NC(=O)NCCc1ccc(F)cc1. The lowest BCUT2D eigenvalue weighted by Gasteiger charge is -2.06. The predicted molar refractivity (Wildman–Crippen MR) is 61.5 cm³/mol. The first kappa shape index (κ1) is 12.2. The van der Waals surface area contributed by atoms with Gasteiger partial charge in [-0.15, -0.1) is 0 Å². The Morgan fingerprint density at radius 1 is 1.38 bits per heavy atom. The van der Waals surface area contributed by atoms with E-state index in [1.165, 1.54) is 12.1 Å². The van der Waals surface area contributed by atoms with Gasteiger partial charge in [-0.3, -0.25) is 0 Å². The molecular weight excluding hydrogens is 207 g/mol. The van der Waals surface area contributed by atoms with Crippen LogP contribution in [0.1, 0.15) is 12.5 Å². The van der Waals surface area contributed by atoms with E-state index >= 15 is 0 Å². The molecule has 0 saturated carbocycles. The Balaban J connectivity index is 2.28. The Morgan fingerprint density at radius 2 is 2.00 bits per heavy atom. The fraction of sp³-hybridized carbons (Fsp3) is 0.250. The van der Waals surface area contributed by atoms with Crippen LogP contribution >= 0.6 is 0 Å². The van der Waals surface area contributed by atoms with Gasteiger partial charge in [0.2, 0.25) is 0 Å². The molecule has 0 unspecified atom stereocenters. The number of amides is 2. The maximum absolute atomic E-state index is 12.6. The van der Waals surface area contributed by atoms with Crippen LogP contribution in [0.3, 0.4) is 0 Å². The molecule has 0 atom stereocenters. The van der Waals surface area contributed by atoms with Gasteiger partial charge in [-0.05, 0) is 31.0 Å². The zero-order valence-electron chi connectivity index (χ0n) is 9.22. The monoisotopic (exact) mass is 222 g/mol. The van der Waals surface area contributed by atoms with E-state index in [0.29, 0.717) is 18.7 Å². The molecule has 2 amide bonds. The number of carbonyl (C=O) groups excluding carboxylic acids is 1. The molecule has 1 aromatic carbocycles. The third-order valence-corrected chi connectivity index (χ3v) is 1.94. The fourth-order valence-electron chi connectivity index (χ4n) is 1.21. The average Bonchev–Trinajstić information content (AvgIpc) is 2.20. The second kappa shape index (κ2) is 5.90. The summed E-state index contributed by atoms with van der Waals surface area (Å²) in [6, 6.07) is 5.95. The van der Waals surface area contributed by atoms with Gasteiger partial charge in [0.05, 0.1) is 0 Å². The third-order valence-electron chi connectivity index (χ3n) is 1.94. The van der Waals surface area contributed by atoms with E-state index in [1.54, 1.807) is 19.1 Å². The smallest absolute Gasteiger partial charge is 0.318 e. The highest BCUT2D eigenvalue weighted by molar-refractivity contribution is 5.75. The van der Waals surface area contributed by atoms with Crippen molar-refractivity contribution in [3.63, 3.8) is 0 Å². The van der Waals surface area contributed by atoms with Crippen LogP contribution in [0.25, 0.3) is 0 Å². The fourth-order valence-corrected chi connectivity index (χ4v) is 1.21. The van der Waals surface area contributed by atoms with Crippen LogP contribution in [0, 0.1) is 5.82 Å². The maximum Gasteiger partial charge on any atom is 0.318 e. The predicted octanol–water partition coefficient (Wildman–Crippen LogP) is 2.20. The summed E-state index contributed by atoms with van der Waals surface area (Å²) in [4.78, 5) is 11.2. The maximum atomic E-state index is 12.6. The molecule has 0 spiro atoms. The van der Waals surface area contributed by atoms with Crippen molar-refractivity contribution in [3.05, 3.63) is 47.9 Å². The van der Waals surface area contributed by atoms with E-state index < -0.39 is 0 Å².